The number of amides is 1. The van der Waals surface area contributed by atoms with E-state index in [1.54, 1.807) is 0 Å². The van der Waals surface area contributed by atoms with E-state index in [-0.39, 0.29) is 29.8 Å². The van der Waals surface area contributed by atoms with Gasteiger partial charge in [-0.3, -0.25) is 9.59 Å². The van der Waals surface area contributed by atoms with Crippen molar-refractivity contribution >= 4 is 11.7 Å². The van der Waals surface area contributed by atoms with Crippen LogP contribution in [0.2, 0.25) is 0 Å². The number of carbonyl (C=O) groups is 2. The Morgan fingerprint density at radius 3 is 2.75 bits per heavy atom. The van der Waals surface area contributed by atoms with E-state index in [0.29, 0.717) is 19.6 Å². The summed E-state index contributed by atoms with van der Waals surface area (Å²) in [6, 6.07) is 0.254. The molecule has 0 aromatic carbocycles. The molecule has 0 bridgehead atoms. The number of hydrogen-bond acceptors (Lipinski definition) is 3. The van der Waals surface area contributed by atoms with E-state index in [0.717, 1.165) is 12.8 Å². The highest BCUT2D eigenvalue weighted by Gasteiger charge is 2.36. The van der Waals surface area contributed by atoms with Gasteiger partial charge >= 0.3 is 0 Å². The van der Waals surface area contributed by atoms with Crippen LogP contribution in [0.15, 0.2) is 0 Å². The Balaban J connectivity index is 2.01. The molecule has 16 heavy (non-hydrogen) atoms. The number of nitrogens with zero attached hydrogens (tertiary/aromatic N) is 1. The lowest BCUT2D eigenvalue weighted by Gasteiger charge is -2.42. The zero-order chi connectivity index (χ0) is 11.8. The highest BCUT2D eigenvalue weighted by molar-refractivity contribution is 6.00. The Hall–Kier alpha value is -0.900. The van der Waals surface area contributed by atoms with Gasteiger partial charge in [0.05, 0.1) is 12.0 Å². The molecule has 2 aliphatic rings. The van der Waals surface area contributed by atoms with Gasteiger partial charge in [0.2, 0.25) is 5.91 Å². The second-order valence-corrected chi connectivity index (χ2v) is 5.31. The van der Waals surface area contributed by atoms with E-state index in [9.17, 15) is 9.59 Å². The first-order chi connectivity index (χ1) is 7.48. The number of Topliss-reactive ketones (excluding diaryl/α,β-unsaturated/α-hetero) is 1. The average molecular weight is 225 g/mol. The Kier molecular flexibility index (Phi) is 3.02. The van der Waals surface area contributed by atoms with Crippen LogP contribution < -0.4 is 0 Å². The molecule has 0 aromatic rings. The lowest BCUT2D eigenvalue weighted by molar-refractivity contribution is -0.147. The number of likely N-dealkylation sites (tertiary alicyclic amines) is 1. The Labute approximate surface area is 95.9 Å². The Morgan fingerprint density at radius 2 is 2.12 bits per heavy atom. The van der Waals surface area contributed by atoms with Gasteiger partial charge in [-0.05, 0) is 26.7 Å². The van der Waals surface area contributed by atoms with Gasteiger partial charge in [-0.2, -0.15) is 0 Å². The number of carbonyl (C=O) groups excluding carboxylic acids is 2. The summed E-state index contributed by atoms with van der Waals surface area (Å²) >= 11 is 0. The molecule has 4 nitrogen and oxygen atoms in total. The molecule has 1 atom stereocenters. The number of piperidine rings is 1. The van der Waals surface area contributed by atoms with Crippen molar-refractivity contribution in [3.8, 4) is 0 Å². The van der Waals surface area contributed by atoms with Crippen LogP contribution in [0, 0.1) is 0 Å². The van der Waals surface area contributed by atoms with E-state index in [4.69, 9.17) is 4.74 Å². The van der Waals surface area contributed by atoms with Crippen LogP contribution in [0.4, 0.5) is 0 Å². The first-order valence-electron chi connectivity index (χ1n) is 5.93. The summed E-state index contributed by atoms with van der Waals surface area (Å²) in [7, 11) is 0. The zero-order valence-electron chi connectivity index (χ0n) is 9.99. The monoisotopic (exact) mass is 225 g/mol. The fourth-order valence-corrected chi connectivity index (χ4v) is 2.58. The van der Waals surface area contributed by atoms with Crippen LogP contribution in [-0.4, -0.2) is 41.4 Å². The Morgan fingerprint density at radius 1 is 1.38 bits per heavy atom. The van der Waals surface area contributed by atoms with E-state index >= 15 is 0 Å². The summed E-state index contributed by atoms with van der Waals surface area (Å²) in [6.45, 7) is 5.41. The van der Waals surface area contributed by atoms with Crippen molar-refractivity contribution < 1.29 is 14.3 Å². The summed E-state index contributed by atoms with van der Waals surface area (Å²) in [6.07, 6.45) is 2.37. The van der Waals surface area contributed by atoms with Crippen molar-refractivity contribution in [3.05, 3.63) is 0 Å². The van der Waals surface area contributed by atoms with E-state index in [1.165, 1.54) is 0 Å². The summed E-state index contributed by atoms with van der Waals surface area (Å²) in [5.74, 6) is 0.0755. The molecule has 0 radical (unpaired) electrons. The van der Waals surface area contributed by atoms with Crippen LogP contribution in [0.3, 0.4) is 0 Å². The van der Waals surface area contributed by atoms with Crippen molar-refractivity contribution in [2.75, 3.05) is 13.2 Å². The minimum Gasteiger partial charge on any atom is -0.375 e. The molecule has 2 rings (SSSR count). The van der Waals surface area contributed by atoms with Gasteiger partial charge < -0.3 is 9.64 Å². The highest BCUT2D eigenvalue weighted by Crippen LogP contribution is 2.28. The van der Waals surface area contributed by atoms with Crippen molar-refractivity contribution in [2.45, 2.75) is 51.2 Å². The second kappa shape index (κ2) is 4.17. The fraction of sp³-hybridized carbons (Fsp3) is 0.833. The molecule has 90 valence electrons. The minimum atomic E-state index is -0.148. The van der Waals surface area contributed by atoms with Gasteiger partial charge in [-0.25, -0.2) is 0 Å². The molecular weight excluding hydrogens is 206 g/mol. The molecule has 0 saturated carbocycles. The maximum Gasteiger partial charge on any atom is 0.230 e. The van der Waals surface area contributed by atoms with Crippen molar-refractivity contribution in [1.82, 2.24) is 4.90 Å². The molecule has 1 amide bonds. The maximum atomic E-state index is 11.8. The van der Waals surface area contributed by atoms with Crippen molar-refractivity contribution in [3.63, 3.8) is 0 Å². The van der Waals surface area contributed by atoms with Crippen molar-refractivity contribution in [2.24, 2.45) is 0 Å². The third-order valence-electron chi connectivity index (χ3n) is 3.41. The van der Waals surface area contributed by atoms with Gasteiger partial charge in [0.15, 0.2) is 0 Å². The normalized spacial score (nSPS) is 30.6. The molecule has 2 heterocycles. The minimum absolute atomic E-state index is 0.000972. The standard InChI is InChI=1S/C12H19NO3/c1-12(2)8-9(4-6-16-12)13-5-3-10(14)7-11(13)15/h9H,3-8H2,1-2H3. The molecule has 0 spiro atoms. The van der Waals surface area contributed by atoms with E-state index < -0.39 is 0 Å². The quantitative estimate of drug-likeness (QED) is 0.629. The third-order valence-corrected chi connectivity index (χ3v) is 3.41. The predicted molar refractivity (Wildman–Crippen MR) is 59.0 cm³/mol. The third kappa shape index (κ3) is 2.43. The van der Waals surface area contributed by atoms with Crippen LogP contribution in [0.5, 0.6) is 0 Å². The lowest BCUT2D eigenvalue weighted by Crippen LogP contribution is -2.51. The van der Waals surface area contributed by atoms with Crippen LogP contribution >= 0.6 is 0 Å². The molecular formula is C12H19NO3. The number of ether oxygens (including phenoxy) is 1. The van der Waals surface area contributed by atoms with Gasteiger partial charge in [0.1, 0.15) is 5.78 Å². The molecule has 4 heteroatoms. The summed E-state index contributed by atoms with van der Waals surface area (Å²) < 4.78 is 5.64. The molecule has 1 unspecified atom stereocenters. The van der Waals surface area contributed by atoms with Gasteiger partial charge in [0, 0.05) is 25.6 Å². The molecule has 2 saturated heterocycles. The van der Waals surface area contributed by atoms with Crippen LogP contribution in [0.25, 0.3) is 0 Å². The van der Waals surface area contributed by atoms with E-state index in [1.807, 2.05) is 4.90 Å². The van der Waals surface area contributed by atoms with Crippen molar-refractivity contribution in [1.29, 1.82) is 0 Å². The SMILES string of the molecule is CC1(C)CC(N2CCC(=O)CC2=O)CCO1. The smallest absolute Gasteiger partial charge is 0.230 e. The maximum absolute atomic E-state index is 11.8. The largest absolute Gasteiger partial charge is 0.375 e. The van der Waals surface area contributed by atoms with Crippen LogP contribution in [0.1, 0.15) is 39.5 Å². The fourth-order valence-electron chi connectivity index (χ4n) is 2.58. The highest BCUT2D eigenvalue weighted by atomic mass is 16.5. The van der Waals surface area contributed by atoms with Gasteiger partial charge in [-0.1, -0.05) is 0 Å². The topological polar surface area (TPSA) is 46.6 Å². The summed E-state index contributed by atoms with van der Waals surface area (Å²) in [5, 5.41) is 0. The van der Waals surface area contributed by atoms with Gasteiger partial charge in [-0.15, -0.1) is 0 Å². The van der Waals surface area contributed by atoms with Gasteiger partial charge in [0.25, 0.3) is 0 Å². The zero-order valence-corrected chi connectivity index (χ0v) is 9.99. The second-order valence-electron chi connectivity index (χ2n) is 5.31. The molecule has 0 aromatic heterocycles. The summed E-state index contributed by atoms with van der Waals surface area (Å²) in [4.78, 5) is 24.8. The first-order valence-corrected chi connectivity index (χ1v) is 5.93. The molecule has 0 aliphatic carbocycles. The molecule has 2 fully saturated rings. The average Bonchev–Trinajstić information content (AvgIpc) is 2.15. The predicted octanol–water partition coefficient (Wildman–Crippen LogP) is 1.14. The number of ketones is 1. The lowest BCUT2D eigenvalue weighted by atomic mass is 9.91. The Bertz CT molecular complexity index is 311. The first kappa shape index (κ1) is 11.6. The summed E-state index contributed by atoms with van der Waals surface area (Å²) in [5.41, 5.74) is -0.148. The molecule has 0 N–H and O–H groups in total. The number of hydrogen-bond donors (Lipinski definition) is 0. The van der Waals surface area contributed by atoms with Crippen LogP contribution in [-0.2, 0) is 14.3 Å². The van der Waals surface area contributed by atoms with E-state index in [2.05, 4.69) is 13.8 Å². The number of rotatable bonds is 1. The molecule has 2 aliphatic heterocycles.